The molecule has 1 saturated heterocycles. The number of anilines is 1. The first kappa shape index (κ1) is 19.2. The number of benzene rings is 1. The Bertz CT molecular complexity index is 1190. The molecule has 1 aliphatic rings. The molecule has 4 heterocycles. The number of piperazine rings is 1. The maximum Gasteiger partial charge on any atom is 0.223 e. The molecule has 0 atom stereocenters. The van der Waals surface area contributed by atoms with Crippen LogP contribution in [0.5, 0.6) is 0 Å². The highest BCUT2D eigenvalue weighted by molar-refractivity contribution is 5.86. The lowest BCUT2D eigenvalue weighted by Crippen LogP contribution is -2.49. The second kappa shape index (κ2) is 8.17. The Morgan fingerprint density at radius 2 is 1.81 bits per heavy atom. The molecule has 4 aromatic rings. The van der Waals surface area contributed by atoms with Crippen molar-refractivity contribution in [3.63, 3.8) is 0 Å². The van der Waals surface area contributed by atoms with Crippen LogP contribution in [0.3, 0.4) is 0 Å². The average molecular weight is 416 g/mol. The monoisotopic (exact) mass is 416 g/mol. The zero-order valence-electron chi connectivity index (χ0n) is 17.4. The fraction of sp³-hybridized carbons (Fsp3) is 0.318. The van der Waals surface area contributed by atoms with Crippen molar-refractivity contribution in [3.8, 4) is 5.69 Å². The zero-order chi connectivity index (χ0) is 21.2. The molecule has 9 nitrogen and oxygen atoms in total. The predicted octanol–water partition coefficient (Wildman–Crippen LogP) is 1.83. The Hall–Kier alpha value is -3.75. The van der Waals surface area contributed by atoms with Gasteiger partial charge in [-0.05, 0) is 24.1 Å². The van der Waals surface area contributed by atoms with Crippen molar-refractivity contribution in [2.45, 2.75) is 12.8 Å². The van der Waals surface area contributed by atoms with Crippen LogP contribution in [0.4, 0.5) is 5.82 Å². The summed E-state index contributed by atoms with van der Waals surface area (Å²) in [6.45, 7) is 2.87. The van der Waals surface area contributed by atoms with Gasteiger partial charge in [0, 0.05) is 45.8 Å². The maximum atomic E-state index is 12.7. The molecule has 1 aromatic carbocycles. The third-order valence-electron chi connectivity index (χ3n) is 5.72. The van der Waals surface area contributed by atoms with E-state index in [0.29, 0.717) is 25.9 Å². The standard InChI is InChI=1S/C22H24N8O/c1-27-21-19(14-25-27)22(24-16-23-21)29-11-9-28(10-12-29)20(31)8-7-17-13-26-30(15-17)18-5-3-2-4-6-18/h2-6,13-16H,7-12H2,1H3. The van der Waals surface area contributed by atoms with Gasteiger partial charge in [0.25, 0.3) is 0 Å². The lowest BCUT2D eigenvalue weighted by Gasteiger charge is -2.35. The number of rotatable bonds is 5. The maximum absolute atomic E-state index is 12.7. The molecule has 0 N–H and O–H groups in total. The van der Waals surface area contributed by atoms with Gasteiger partial charge in [-0.25, -0.2) is 14.6 Å². The Morgan fingerprint density at radius 1 is 1.00 bits per heavy atom. The first-order valence-electron chi connectivity index (χ1n) is 10.4. The first-order valence-corrected chi connectivity index (χ1v) is 10.4. The molecule has 31 heavy (non-hydrogen) atoms. The van der Waals surface area contributed by atoms with Crippen LogP contribution in [0.25, 0.3) is 16.7 Å². The fourth-order valence-electron chi connectivity index (χ4n) is 3.99. The Labute approximate surface area is 179 Å². The molecular formula is C22H24N8O. The topological polar surface area (TPSA) is 85.0 Å². The van der Waals surface area contributed by atoms with Crippen LogP contribution in [-0.4, -0.2) is 66.5 Å². The van der Waals surface area contributed by atoms with Gasteiger partial charge in [0.05, 0.1) is 23.5 Å². The highest BCUT2D eigenvalue weighted by atomic mass is 16.2. The van der Waals surface area contributed by atoms with E-state index in [4.69, 9.17) is 0 Å². The molecule has 158 valence electrons. The third kappa shape index (κ3) is 3.86. The van der Waals surface area contributed by atoms with Crippen molar-refractivity contribution in [1.82, 2.24) is 34.4 Å². The van der Waals surface area contributed by atoms with E-state index in [-0.39, 0.29) is 5.91 Å². The largest absolute Gasteiger partial charge is 0.352 e. The summed E-state index contributed by atoms with van der Waals surface area (Å²) in [5, 5.41) is 9.64. The molecule has 1 amide bonds. The molecular weight excluding hydrogens is 392 g/mol. The van der Waals surface area contributed by atoms with Gasteiger partial charge in [0.1, 0.15) is 12.1 Å². The number of carbonyl (C=O) groups excluding carboxylic acids is 1. The quantitative estimate of drug-likeness (QED) is 0.494. The second-order valence-corrected chi connectivity index (χ2v) is 7.70. The van der Waals surface area contributed by atoms with Crippen LogP contribution in [-0.2, 0) is 18.3 Å². The number of aromatic nitrogens is 6. The second-order valence-electron chi connectivity index (χ2n) is 7.70. The number of para-hydroxylation sites is 1. The summed E-state index contributed by atoms with van der Waals surface area (Å²) in [4.78, 5) is 25.7. The van der Waals surface area contributed by atoms with E-state index in [1.807, 2.05) is 59.4 Å². The fourth-order valence-corrected chi connectivity index (χ4v) is 3.99. The molecule has 0 aliphatic carbocycles. The van der Waals surface area contributed by atoms with Gasteiger partial charge in [-0.1, -0.05) is 18.2 Å². The predicted molar refractivity (Wildman–Crippen MR) is 117 cm³/mol. The van der Waals surface area contributed by atoms with Gasteiger partial charge in [0.15, 0.2) is 5.65 Å². The minimum absolute atomic E-state index is 0.182. The van der Waals surface area contributed by atoms with E-state index >= 15 is 0 Å². The van der Waals surface area contributed by atoms with Crippen molar-refractivity contribution < 1.29 is 4.79 Å². The van der Waals surface area contributed by atoms with Crippen LogP contribution < -0.4 is 4.90 Å². The number of carbonyl (C=O) groups is 1. The number of amides is 1. The van der Waals surface area contributed by atoms with Gasteiger partial charge in [0.2, 0.25) is 5.91 Å². The van der Waals surface area contributed by atoms with Gasteiger partial charge < -0.3 is 9.80 Å². The molecule has 0 bridgehead atoms. The minimum atomic E-state index is 0.182. The van der Waals surface area contributed by atoms with Gasteiger partial charge in [-0.15, -0.1) is 0 Å². The summed E-state index contributed by atoms with van der Waals surface area (Å²) in [7, 11) is 1.87. The Balaban J connectivity index is 1.17. The lowest BCUT2D eigenvalue weighted by atomic mass is 10.1. The van der Waals surface area contributed by atoms with Crippen LogP contribution in [0.1, 0.15) is 12.0 Å². The normalized spacial score (nSPS) is 14.4. The van der Waals surface area contributed by atoms with E-state index in [0.717, 1.165) is 41.2 Å². The molecule has 0 saturated carbocycles. The summed E-state index contributed by atoms with van der Waals surface area (Å²) in [6.07, 6.45) is 8.39. The van der Waals surface area contributed by atoms with Crippen molar-refractivity contribution in [2.75, 3.05) is 31.1 Å². The smallest absolute Gasteiger partial charge is 0.223 e. The van der Waals surface area contributed by atoms with Crippen molar-refractivity contribution in [2.24, 2.45) is 7.05 Å². The Kier molecular flexibility index (Phi) is 5.07. The molecule has 1 aliphatic heterocycles. The number of nitrogens with zero attached hydrogens (tertiary/aromatic N) is 8. The lowest BCUT2D eigenvalue weighted by molar-refractivity contribution is -0.131. The summed E-state index contributed by atoms with van der Waals surface area (Å²) < 4.78 is 3.60. The molecule has 0 radical (unpaired) electrons. The van der Waals surface area contributed by atoms with Crippen molar-refractivity contribution in [3.05, 3.63) is 60.8 Å². The Morgan fingerprint density at radius 3 is 2.61 bits per heavy atom. The third-order valence-corrected chi connectivity index (χ3v) is 5.72. The van der Waals surface area contributed by atoms with E-state index in [2.05, 4.69) is 25.1 Å². The molecule has 0 spiro atoms. The van der Waals surface area contributed by atoms with Gasteiger partial charge in [-0.2, -0.15) is 10.2 Å². The first-order chi connectivity index (χ1) is 15.2. The highest BCUT2D eigenvalue weighted by Gasteiger charge is 2.23. The van der Waals surface area contributed by atoms with Crippen molar-refractivity contribution >= 4 is 22.8 Å². The minimum Gasteiger partial charge on any atom is -0.352 e. The van der Waals surface area contributed by atoms with E-state index in [9.17, 15) is 4.79 Å². The van der Waals surface area contributed by atoms with Crippen LogP contribution in [0, 0.1) is 0 Å². The van der Waals surface area contributed by atoms with E-state index in [1.165, 1.54) is 0 Å². The van der Waals surface area contributed by atoms with Crippen LogP contribution in [0.2, 0.25) is 0 Å². The zero-order valence-corrected chi connectivity index (χ0v) is 17.4. The van der Waals surface area contributed by atoms with Crippen molar-refractivity contribution in [1.29, 1.82) is 0 Å². The highest BCUT2D eigenvalue weighted by Crippen LogP contribution is 2.23. The molecule has 0 unspecified atom stereocenters. The van der Waals surface area contributed by atoms with Gasteiger partial charge in [-0.3, -0.25) is 9.48 Å². The van der Waals surface area contributed by atoms with Crippen LogP contribution >= 0.6 is 0 Å². The number of aryl methyl sites for hydroxylation is 2. The number of hydrogen-bond donors (Lipinski definition) is 0. The summed E-state index contributed by atoms with van der Waals surface area (Å²) >= 11 is 0. The van der Waals surface area contributed by atoms with E-state index < -0.39 is 0 Å². The van der Waals surface area contributed by atoms with E-state index in [1.54, 1.807) is 17.2 Å². The summed E-state index contributed by atoms with van der Waals surface area (Å²) in [5.41, 5.74) is 2.90. The van der Waals surface area contributed by atoms with Gasteiger partial charge >= 0.3 is 0 Å². The SMILES string of the molecule is Cn1ncc2c(N3CCN(C(=O)CCc4cnn(-c5ccccc5)c4)CC3)ncnc21. The molecule has 1 fully saturated rings. The molecule has 5 rings (SSSR count). The number of fused-ring (bicyclic) bond motifs is 1. The number of hydrogen-bond acceptors (Lipinski definition) is 6. The average Bonchev–Trinajstić information content (AvgIpc) is 3.45. The van der Waals surface area contributed by atoms with Crippen LogP contribution in [0.15, 0.2) is 55.2 Å². The summed E-state index contributed by atoms with van der Waals surface area (Å²) in [5.74, 6) is 1.07. The summed E-state index contributed by atoms with van der Waals surface area (Å²) in [6, 6.07) is 9.98. The molecule has 9 heteroatoms. The molecule has 3 aromatic heterocycles.